The molecule has 1 aliphatic heterocycles. The van der Waals surface area contributed by atoms with Gasteiger partial charge in [0.1, 0.15) is 0 Å². The number of rotatable bonds is 9. The van der Waals surface area contributed by atoms with E-state index in [-0.39, 0.29) is 13.1 Å². The standard InChI is InChI=1S/C13H27N3O4S/c1-3-15(4-2)9-5-8-14-21(19,20)16-10-6-12(7-11-16)13(17)18/h12,14H,3-11H2,1-2H3,(H,17,18). The van der Waals surface area contributed by atoms with Crippen molar-refractivity contribution in [3.8, 4) is 0 Å². The first-order valence-corrected chi connectivity index (χ1v) is 9.04. The number of aliphatic carboxylic acids is 1. The van der Waals surface area contributed by atoms with Crippen LogP contribution in [-0.4, -0.2) is 68.0 Å². The zero-order valence-corrected chi connectivity index (χ0v) is 13.7. The van der Waals surface area contributed by atoms with Crippen molar-refractivity contribution in [3.63, 3.8) is 0 Å². The van der Waals surface area contributed by atoms with Gasteiger partial charge in [0.2, 0.25) is 0 Å². The van der Waals surface area contributed by atoms with Gasteiger partial charge in [-0.2, -0.15) is 12.7 Å². The second-order valence-corrected chi connectivity index (χ2v) is 7.05. The Morgan fingerprint density at radius 1 is 1.29 bits per heavy atom. The molecule has 1 heterocycles. The van der Waals surface area contributed by atoms with Crippen LogP contribution in [0.4, 0.5) is 0 Å². The normalized spacial score (nSPS) is 18.2. The second-order valence-electron chi connectivity index (χ2n) is 5.29. The minimum Gasteiger partial charge on any atom is -0.481 e. The molecule has 8 heteroatoms. The smallest absolute Gasteiger partial charge is 0.306 e. The highest BCUT2D eigenvalue weighted by Gasteiger charge is 2.30. The molecular weight excluding hydrogens is 294 g/mol. The number of nitrogens with zero attached hydrogens (tertiary/aromatic N) is 2. The minimum absolute atomic E-state index is 0.280. The molecule has 0 saturated carbocycles. The summed E-state index contributed by atoms with van der Waals surface area (Å²) in [6.45, 7) is 7.94. The molecule has 124 valence electrons. The highest BCUT2D eigenvalue weighted by atomic mass is 32.2. The summed E-state index contributed by atoms with van der Waals surface area (Å²) in [6.07, 6.45) is 1.54. The van der Waals surface area contributed by atoms with Crippen LogP contribution in [0.25, 0.3) is 0 Å². The Bertz CT molecular complexity index is 415. The number of hydrogen-bond donors (Lipinski definition) is 2. The minimum atomic E-state index is -3.47. The molecule has 0 aromatic carbocycles. The summed E-state index contributed by atoms with van der Waals surface area (Å²) < 4.78 is 28.2. The summed E-state index contributed by atoms with van der Waals surface area (Å²) in [5, 5.41) is 8.91. The second kappa shape index (κ2) is 8.67. The van der Waals surface area contributed by atoms with Gasteiger partial charge in [-0.3, -0.25) is 4.79 Å². The largest absolute Gasteiger partial charge is 0.481 e. The zero-order valence-electron chi connectivity index (χ0n) is 12.9. The number of piperidine rings is 1. The topological polar surface area (TPSA) is 90.0 Å². The molecule has 2 N–H and O–H groups in total. The molecule has 0 atom stereocenters. The van der Waals surface area contributed by atoms with Gasteiger partial charge in [0.05, 0.1) is 5.92 Å². The Kier molecular flexibility index (Phi) is 7.58. The first-order chi connectivity index (χ1) is 9.90. The van der Waals surface area contributed by atoms with E-state index in [1.807, 2.05) is 0 Å². The van der Waals surface area contributed by atoms with Gasteiger partial charge in [0.15, 0.2) is 0 Å². The van der Waals surface area contributed by atoms with Gasteiger partial charge in [-0.1, -0.05) is 13.8 Å². The molecule has 0 unspecified atom stereocenters. The number of hydrogen-bond acceptors (Lipinski definition) is 4. The maximum Gasteiger partial charge on any atom is 0.306 e. The van der Waals surface area contributed by atoms with E-state index in [0.717, 1.165) is 26.1 Å². The summed E-state index contributed by atoms with van der Waals surface area (Å²) in [7, 11) is -3.47. The summed E-state index contributed by atoms with van der Waals surface area (Å²) >= 11 is 0. The van der Waals surface area contributed by atoms with Crippen molar-refractivity contribution in [1.29, 1.82) is 0 Å². The highest BCUT2D eigenvalue weighted by molar-refractivity contribution is 7.87. The molecule has 1 saturated heterocycles. The van der Waals surface area contributed by atoms with Crippen molar-refractivity contribution in [3.05, 3.63) is 0 Å². The average Bonchev–Trinajstić information content (AvgIpc) is 2.47. The zero-order chi connectivity index (χ0) is 15.9. The molecule has 1 rings (SSSR count). The molecule has 1 aliphatic rings. The van der Waals surface area contributed by atoms with Crippen molar-refractivity contribution in [2.24, 2.45) is 5.92 Å². The number of carboxylic acid groups (broad SMARTS) is 1. The fraction of sp³-hybridized carbons (Fsp3) is 0.923. The number of carbonyl (C=O) groups is 1. The van der Waals surface area contributed by atoms with Gasteiger partial charge in [0, 0.05) is 19.6 Å². The summed E-state index contributed by atoms with van der Waals surface area (Å²) in [4.78, 5) is 13.1. The summed E-state index contributed by atoms with van der Waals surface area (Å²) in [6, 6.07) is 0. The lowest BCUT2D eigenvalue weighted by molar-refractivity contribution is -0.142. The SMILES string of the molecule is CCN(CC)CCCNS(=O)(=O)N1CCC(C(=O)O)CC1. The molecule has 0 radical (unpaired) electrons. The Hall–Kier alpha value is -0.700. The fourth-order valence-corrected chi connectivity index (χ4v) is 3.75. The lowest BCUT2D eigenvalue weighted by Crippen LogP contribution is -2.46. The van der Waals surface area contributed by atoms with Gasteiger partial charge in [-0.25, -0.2) is 4.72 Å². The van der Waals surface area contributed by atoms with Gasteiger partial charge in [0.25, 0.3) is 10.2 Å². The van der Waals surface area contributed by atoms with Crippen molar-refractivity contribution < 1.29 is 18.3 Å². The lowest BCUT2D eigenvalue weighted by Gasteiger charge is -2.29. The Balaban J connectivity index is 2.32. The molecule has 0 aromatic rings. The van der Waals surface area contributed by atoms with Crippen LogP contribution >= 0.6 is 0 Å². The molecule has 7 nitrogen and oxygen atoms in total. The first kappa shape index (κ1) is 18.3. The Morgan fingerprint density at radius 3 is 2.33 bits per heavy atom. The summed E-state index contributed by atoms with van der Waals surface area (Å²) in [5.41, 5.74) is 0. The molecular formula is C13H27N3O4S. The van der Waals surface area contributed by atoms with E-state index in [0.29, 0.717) is 19.4 Å². The average molecular weight is 321 g/mol. The van der Waals surface area contributed by atoms with Crippen LogP contribution in [0.5, 0.6) is 0 Å². The molecule has 21 heavy (non-hydrogen) atoms. The fourth-order valence-electron chi connectivity index (χ4n) is 2.48. The monoisotopic (exact) mass is 321 g/mol. The third-order valence-electron chi connectivity index (χ3n) is 3.97. The van der Waals surface area contributed by atoms with Crippen LogP contribution in [0.2, 0.25) is 0 Å². The van der Waals surface area contributed by atoms with Crippen molar-refractivity contribution in [1.82, 2.24) is 13.9 Å². The molecule has 0 amide bonds. The third-order valence-corrected chi connectivity index (χ3v) is 5.59. The van der Waals surface area contributed by atoms with Crippen LogP contribution in [-0.2, 0) is 15.0 Å². The third kappa shape index (κ3) is 5.90. The maximum atomic E-state index is 12.1. The van der Waals surface area contributed by atoms with Gasteiger partial charge >= 0.3 is 5.97 Å². The van der Waals surface area contributed by atoms with Gasteiger partial charge < -0.3 is 10.0 Å². The van der Waals surface area contributed by atoms with Crippen LogP contribution in [0.15, 0.2) is 0 Å². The van der Waals surface area contributed by atoms with E-state index in [1.165, 1.54) is 4.31 Å². The predicted octanol–water partition coefficient (Wildman–Crippen LogP) is 0.349. The first-order valence-electron chi connectivity index (χ1n) is 7.60. The van der Waals surface area contributed by atoms with E-state index in [2.05, 4.69) is 23.5 Å². The van der Waals surface area contributed by atoms with Crippen LogP contribution < -0.4 is 4.72 Å². The summed E-state index contributed by atoms with van der Waals surface area (Å²) in [5.74, 6) is -1.25. The van der Waals surface area contributed by atoms with Crippen LogP contribution in [0.3, 0.4) is 0 Å². The van der Waals surface area contributed by atoms with Crippen molar-refractivity contribution in [2.45, 2.75) is 33.1 Å². The number of carboxylic acids is 1. The quantitative estimate of drug-likeness (QED) is 0.598. The van der Waals surface area contributed by atoms with Gasteiger partial charge in [-0.15, -0.1) is 0 Å². The maximum absolute atomic E-state index is 12.1. The highest BCUT2D eigenvalue weighted by Crippen LogP contribution is 2.19. The number of nitrogens with one attached hydrogen (secondary N) is 1. The van der Waals surface area contributed by atoms with E-state index in [4.69, 9.17) is 5.11 Å². The molecule has 0 aromatic heterocycles. The molecule has 0 bridgehead atoms. The van der Waals surface area contributed by atoms with E-state index < -0.39 is 22.1 Å². The Morgan fingerprint density at radius 2 is 1.86 bits per heavy atom. The van der Waals surface area contributed by atoms with E-state index in [1.54, 1.807) is 0 Å². The van der Waals surface area contributed by atoms with Crippen LogP contribution in [0.1, 0.15) is 33.1 Å². The molecule has 0 aliphatic carbocycles. The predicted molar refractivity (Wildman–Crippen MR) is 81.3 cm³/mol. The van der Waals surface area contributed by atoms with E-state index >= 15 is 0 Å². The molecule has 1 fully saturated rings. The van der Waals surface area contributed by atoms with Crippen LogP contribution in [0, 0.1) is 5.92 Å². The lowest BCUT2D eigenvalue weighted by atomic mass is 9.99. The molecule has 0 spiro atoms. The Labute approximate surface area is 127 Å². The van der Waals surface area contributed by atoms with Crippen molar-refractivity contribution >= 4 is 16.2 Å². The van der Waals surface area contributed by atoms with Gasteiger partial charge in [-0.05, 0) is 38.9 Å². The van der Waals surface area contributed by atoms with Crippen molar-refractivity contribution in [2.75, 3.05) is 39.3 Å². The van der Waals surface area contributed by atoms with E-state index in [9.17, 15) is 13.2 Å².